The molecule has 0 N–H and O–H groups in total. The normalized spacial score (nSPS) is 17.5. The van der Waals surface area contributed by atoms with Gasteiger partial charge in [-0.15, -0.1) is 6.58 Å². The summed E-state index contributed by atoms with van der Waals surface area (Å²) in [5.41, 5.74) is 2.40. The molecule has 0 bridgehead atoms. The fourth-order valence-electron chi connectivity index (χ4n) is 3.91. The summed E-state index contributed by atoms with van der Waals surface area (Å²) in [6.45, 7) is 6.21. The average molecular weight is 463 g/mol. The van der Waals surface area contributed by atoms with Gasteiger partial charge in [-0.25, -0.2) is 8.78 Å². The topological polar surface area (TPSA) is 18.5 Å². The van der Waals surface area contributed by atoms with Crippen molar-refractivity contribution in [3.8, 4) is 39.8 Å². The molecule has 1 fully saturated rings. The maximum atomic E-state index is 14.7. The predicted octanol–water partition coefficient (Wildman–Crippen LogP) is 7.17. The van der Waals surface area contributed by atoms with Crippen molar-refractivity contribution >= 4 is 0 Å². The Kier molecular flexibility index (Phi) is 7.40. The van der Waals surface area contributed by atoms with Crippen molar-refractivity contribution < 1.29 is 22.6 Å². The summed E-state index contributed by atoms with van der Waals surface area (Å²) >= 11 is 0. The number of halogens is 3. The van der Waals surface area contributed by atoms with E-state index in [2.05, 4.69) is 18.4 Å². The van der Waals surface area contributed by atoms with Gasteiger partial charge in [-0.2, -0.15) is 4.39 Å². The summed E-state index contributed by atoms with van der Waals surface area (Å²) in [7, 11) is 0. The molecule has 0 radical (unpaired) electrons. The molecule has 0 aromatic heterocycles. The summed E-state index contributed by atoms with van der Waals surface area (Å²) in [6, 6.07) is 14.6. The van der Waals surface area contributed by atoms with Crippen LogP contribution in [-0.2, 0) is 4.74 Å². The Hall–Kier alpha value is -3.49. The largest absolute Gasteiger partial charge is 0.491 e. The van der Waals surface area contributed by atoms with Gasteiger partial charge in [-0.1, -0.05) is 48.2 Å². The second kappa shape index (κ2) is 10.6. The fourth-order valence-corrected chi connectivity index (χ4v) is 3.91. The van der Waals surface area contributed by atoms with Crippen molar-refractivity contribution in [3.63, 3.8) is 0 Å². The van der Waals surface area contributed by atoms with Crippen molar-refractivity contribution in [1.29, 1.82) is 0 Å². The van der Waals surface area contributed by atoms with Crippen molar-refractivity contribution in [2.45, 2.75) is 25.9 Å². The zero-order valence-corrected chi connectivity index (χ0v) is 18.9. The highest BCUT2D eigenvalue weighted by molar-refractivity contribution is 5.71. The Morgan fingerprint density at radius 3 is 2.35 bits per heavy atom. The molecule has 1 aliphatic rings. The van der Waals surface area contributed by atoms with Crippen LogP contribution in [0.4, 0.5) is 13.2 Å². The molecule has 4 rings (SSSR count). The van der Waals surface area contributed by atoms with E-state index < -0.39 is 17.5 Å². The van der Waals surface area contributed by atoms with Gasteiger partial charge in [0.1, 0.15) is 5.82 Å². The van der Waals surface area contributed by atoms with Crippen LogP contribution in [0.15, 0.2) is 67.3 Å². The van der Waals surface area contributed by atoms with Crippen molar-refractivity contribution in [2.24, 2.45) is 5.92 Å². The van der Waals surface area contributed by atoms with Crippen LogP contribution in [0.2, 0.25) is 0 Å². The van der Waals surface area contributed by atoms with E-state index in [1.807, 2.05) is 0 Å². The maximum absolute atomic E-state index is 14.7. The Morgan fingerprint density at radius 2 is 1.71 bits per heavy atom. The first-order valence-corrected chi connectivity index (χ1v) is 11.3. The molecule has 0 spiro atoms. The third-order valence-corrected chi connectivity index (χ3v) is 5.83. The van der Waals surface area contributed by atoms with Crippen LogP contribution < -0.4 is 4.74 Å². The Bertz CT molecular complexity index is 1230. The molecule has 0 amide bonds. The lowest BCUT2D eigenvalue weighted by molar-refractivity contribution is 0.0271. The van der Waals surface area contributed by atoms with Crippen molar-refractivity contribution in [2.75, 3.05) is 13.2 Å². The molecule has 1 aliphatic heterocycles. The summed E-state index contributed by atoms with van der Waals surface area (Å²) < 4.78 is 54.2. The second-order valence-electron chi connectivity index (χ2n) is 8.10. The molecular formula is C29H25F3O2. The number of rotatable bonds is 5. The first-order chi connectivity index (χ1) is 16.5. The molecule has 0 saturated carbocycles. The minimum Gasteiger partial charge on any atom is -0.491 e. The van der Waals surface area contributed by atoms with Crippen molar-refractivity contribution in [3.05, 3.63) is 90.3 Å². The molecule has 2 unspecified atom stereocenters. The van der Waals surface area contributed by atoms with E-state index in [1.165, 1.54) is 18.2 Å². The van der Waals surface area contributed by atoms with Crippen LogP contribution in [0.5, 0.6) is 5.75 Å². The summed E-state index contributed by atoms with van der Waals surface area (Å²) in [6.07, 6.45) is 3.63. The molecule has 34 heavy (non-hydrogen) atoms. The zero-order chi connectivity index (χ0) is 24.1. The summed E-state index contributed by atoms with van der Waals surface area (Å²) in [5.74, 6) is 3.62. The number of hydrogen-bond donors (Lipinski definition) is 0. The minimum absolute atomic E-state index is 0.0745. The summed E-state index contributed by atoms with van der Waals surface area (Å²) in [4.78, 5) is 0. The van der Waals surface area contributed by atoms with E-state index in [4.69, 9.17) is 9.47 Å². The standard InChI is InChI=1S/C29H25F3O2/c1-3-24-14-6-19(18-34-24)5-7-22-12-13-23(17-26(22)30)20-8-10-21(11-9-20)25-15-16-27(33-4-2)29(32)28(25)31/h3,8-13,15-17,19,24H,1,4,6,14,18H2,2H3. The first-order valence-electron chi connectivity index (χ1n) is 11.3. The molecular weight excluding hydrogens is 437 g/mol. The number of benzene rings is 3. The van der Waals surface area contributed by atoms with E-state index in [0.29, 0.717) is 23.3 Å². The highest BCUT2D eigenvalue weighted by Crippen LogP contribution is 2.31. The van der Waals surface area contributed by atoms with Gasteiger partial charge in [0.25, 0.3) is 0 Å². The Morgan fingerprint density at radius 1 is 0.971 bits per heavy atom. The molecule has 174 valence electrons. The lowest BCUT2D eigenvalue weighted by Crippen LogP contribution is -2.23. The predicted molar refractivity (Wildman–Crippen MR) is 128 cm³/mol. The molecule has 5 heteroatoms. The van der Waals surface area contributed by atoms with Crippen LogP contribution in [0.25, 0.3) is 22.3 Å². The van der Waals surface area contributed by atoms with Gasteiger partial charge >= 0.3 is 0 Å². The Balaban J connectivity index is 1.50. The smallest absolute Gasteiger partial charge is 0.201 e. The van der Waals surface area contributed by atoms with E-state index in [9.17, 15) is 13.2 Å². The lowest BCUT2D eigenvalue weighted by atomic mass is 9.97. The minimum atomic E-state index is -1.01. The van der Waals surface area contributed by atoms with Crippen LogP contribution in [-0.4, -0.2) is 19.3 Å². The molecule has 3 aromatic rings. The fraction of sp³-hybridized carbons (Fsp3) is 0.241. The van der Waals surface area contributed by atoms with Gasteiger partial charge in [0.15, 0.2) is 11.6 Å². The molecule has 1 heterocycles. The molecule has 2 nitrogen and oxygen atoms in total. The third-order valence-electron chi connectivity index (χ3n) is 5.83. The van der Waals surface area contributed by atoms with Crippen LogP contribution in [0.3, 0.4) is 0 Å². The van der Waals surface area contributed by atoms with Gasteiger partial charge in [0, 0.05) is 11.5 Å². The van der Waals surface area contributed by atoms with E-state index in [1.54, 1.807) is 49.4 Å². The molecule has 1 saturated heterocycles. The maximum Gasteiger partial charge on any atom is 0.201 e. The van der Waals surface area contributed by atoms with Gasteiger partial charge in [-0.3, -0.25) is 0 Å². The van der Waals surface area contributed by atoms with Gasteiger partial charge in [0.05, 0.1) is 24.9 Å². The Labute approximate surface area is 198 Å². The van der Waals surface area contributed by atoms with Crippen LogP contribution in [0, 0.1) is 35.2 Å². The van der Waals surface area contributed by atoms with Crippen LogP contribution >= 0.6 is 0 Å². The molecule has 0 aliphatic carbocycles. The second-order valence-corrected chi connectivity index (χ2v) is 8.10. The lowest BCUT2D eigenvalue weighted by Gasteiger charge is -2.23. The first kappa shape index (κ1) is 23.7. The summed E-state index contributed by atoms with van der Waals surface area (Å²) in [5, 5.41) is 0. The van der Waals surface area contributed by atoms with Gasteiger partial charge < -0.3 is 9.47 Å². The van der Waals surface area contributed by atoms with E-state index >= 15 is 0 Å². The highest BCUT2D eigenvalue weighted by Gasteiger charge is 2.18. The van der Waals surface area contributed by atoms with E-state index in [-0.39, 0.29) is 29.9 Å². The number of ether oxygens (including phenoxy) is 2. The average Bonchev–Trinajstić information content (AvgIpc) is 2.87. The van der Waals surface area contributed by atoms with Crippen LogP contribution in [0.1, 0.15) is 25.3 Å². The van der Waals surface area contributed by atoms with Crippen molar-refractivity contribution in [1.82, 2.24) is 0 Å². The van der Waals surface area contributed by atoms with E-state index in [0.717, 1.165) is 18.4 Å². The van der Waals surface area contributed by atoms with Gasteiger partial charge in [-0.05, 0) is 60.7 Å². The zero-order valence-electron chi connectivity index (χ0n) is 18.9. The monoisotopic (exact) mass is 462 g/mol. The molecule has 3 aromatic carbocycles. The molecule has 2 atom stereocenters. The number of hydrogen-bond acceptors (Lipinski definition) is 2. The quantitative estimate of drug-likeness (QED) is 0.296. The highest BCUT2D eigenvalue weighted by atomic mass is 19.2. The SMILES string of the molecule is C=CC1CCC(C#Cc2ccc(-c3ccc(-c4ccc(OCC)c(F)c4F)cc3)cc2F)CO1. The third kappa shape index (κ3) is 5.18. The van der Waals surface area contributed by atoms with Gasteiger partial charge in [0.2, 0.25) is 5.82 Å².